The number of fused-ring (bicyclic) bond motifs is 1. The fourth-order valence-electron chi connectivity index (χ4n) is 1.91. The number of hydrogen-bond acceptors (Lipinski definition) is 4. The zero-order valence-corrected chi connectivity index (χ0v) is 12.7. The van der Waals surface area contributed by atoms with E-state index in [9.17, 15) is 4.79 Å². The van der Waals surface area contributed by atoms with E-state index in [4.69, 9.17) is 23.2 Å². The molecule has 2 aromatic carbocycles. The Hall–Kier alpha value is -2.37. The minimum absolute atomic E-state index is 0.229. The fraction of sp³-hybridized carbons (Fsp3) is 0. The topological polar surface area (TPSA) is 70.1 Å². The molecule has 0 saturated heterocycles. The summed E-state index contributed by atoms with van der Waals surface area (Å²) in [6, 6.07) is 12.2. The van der Waals surface area contributed by atoms with Gasteiger partial charge in [-0.15, -0.1) is 0 Å². The maximum Gasteiger partial charge on any atom is 0.260 e. The van der Waals surface area contributed by atoms with E-state index in [0.29, 0.717) is 26.5 Å². The number of anilines is 1. The molecule has 22 heavy (non-hydrogen) atoms. The van der Waals surface area contributed by atoms with Crippen molar-refractivity contribution in [3.63, 3.8) is 0 Å². The van der Waals surface area contributed by atoms with Crippen LogP contribution in [0.1, 0.15) is 5.56 Å². The second-order valence-electron chi connectivity index (χ2n) is 4.47. The third kappa shape index (κ3) is 3.10. The number of para-hydroxylation sites is 1. The summed E-state index contributed by atoms with van der Waals surface area (Å²) in [5.74, 6) is 0.255. The Kier molecular flexibility index (Phi) is 4.09. The fourth-order valence-corrected chi connectivity index (χ4v) is 2.37. The molecular weight excluding hydrogens is 323 g/mol. The van der Waals surface area contributed by atoms with Gasteiger partial charge in [-0.05, 0) is 24.3 Å². The molecule has 0 aliphatic rings. The van der Waals surface area contributed by atoms with Crippen molar-refractivity contribution in [3.8, 4) is 0 Å². The molecule has 0 spiro atoms. The Morgan fingerprint density at radius 3 is 2.82 bits per heavy atom. The minimum Gasteiger partial charge on any atom is -0.291 e. The second-order valence-corrected chi connectivity index (χ2v) is 5.31. The number of rotatable bonds is 3. The largest absolute Gasteiger partial charge is 0.291 e. The Balaban J connectivity index is 1.84. The van der Waals surface area contributed by atoms with Crippen molar-refractivity contribution in [1.82, 2.24) is 9.97 Å². The SMILES string of the molecule is O=c1[nH]c(N/N=C/c2ccc(Cl)cc2Cl)nc2ccccc12. The third-order valence-electron chi connectivity index (χ3n) is 2.95. The molecule has 0 bridgehead atoms. The van der Waals surface area contributed by atoms with Gasteiger partial charge in [-0.25, -0.2) is 10.4 Å². The number of aromatic amines is 1. The first kappa shape index (κ1) is 14.6. The number of nitrogens with one attached hydrogen (secondary N) is 2. The lowest BCUT2D eigenvalue weighted by atomic mass is 10.2. The van der Waals surface area contributed by atoms with Crippen LogP contribution in [0.25, 0.3) is 10.9 Å². The summed E-state index contributed by atoms with van der Waals surface area (Å²) in [5, 5.41) is 5.58. The molecule has 0 fully saturated rings. The van der Waals surface area contributed by atoms with E-state index in [-0.39, 0.29) is 11.5 Å². The monoisotopic (exact) mass is 332 g/mol. The zero-order chi connectivity index (χ0) is 15.5. The summed E-state index contributed by atoms with van der Waals surface area (Å²) in [6.45, 7) is 0. The van der Waals surface area contributed by atoms with Crippen LogP contribution in [0.4, 0.5) is 5.95 Å². The van der Waals surface area contributed by atoms with E-state index >= 15 is 0 Å². The van der Waals surface area contributed by atoms with Gasteiger partial charge < -0.3 is 0 Å². The minimum atomic E-state index is -0.229. The first-order valence-corrected chi connectivity index (χ1v) is 7.12. The van der Waals surface area contributed by atoms with Gasteiger partial charge in [0, 0.05) is 10.6 Å². The van der Waals surface area contributed by atoms with Crippen LogP contribution >= 0.6 is 23.2 Å². The van der Waals surface area contributed by atoms with Gasteiger partial charge in [0.1, 0.15) is 0 Å². The Labute approximate surface area is 135 Å². The van der Waals surface area contributed by atoms with Crippen LogP contribution in [0.5, 0.6) is 0 Å². The highest BCUT2D eigenvalue weighted by Gasteiger charge is 2.02. The van der Waals surface area contributed by atoms with Crippen LogP contribution in [0, 0.1) is 0 Å². The molecule has 3 aromatic rings. The molecule has 2 N–H and O–H groups in total. The summed E-state index contributed by atoms with van der Waals surface area (Å²) in [5.41, 5.74) is 3.74. The molecule has 110 valence electrons. The molecular formula is C15H10Cl2N4O. The number of hydrazone groups is 1. The van der Waals surface area contributed by atoms with E-state index in [0.717, 1.165) is 0 Å². The summed E-state index contributed by atoms with van der Waals surface area (Å²) in [7, 11) is 0. The summed E-state index contributed by atoms with van der Waals surface area (Å²) < 4.78 is 0. The number of hydrogen-bond donors (Lipinski definition) is 2. The van der Waals surface area contributed by atoms with Crippen LogP contribution in [0.3, 0.4) is 0 Å². The van der Waals surface area contributed by atoms with Gasteiger partial charge >= 0.3 is 0 Å². The van der Waals surface area contributed by atoms with Crippen molar-refractivity contribution in [3.05, 3.63) is 68.4 Å². The average Bonchev–Trinajstić information content (AvgIpc) is 2.50. The van der Waals surface area contributed by atoms with Crippen molar-refractivity contribution >= 4 is 46.3 Å². The zero-order valence-electron chi connectivity index (χ0n) is 11.2. The van der Waals surface area contributed by atoms with E-state index in [2.05, 4.69) is 20.5 Å². The van der Waals surface area contributed by atoms with Crippen LogP contribution < -0.4 is 11.0 Å². The molecule has 0 saturated carbocycles. The van der Waals surface area contributed by atoms with Crippen LogP contribution in [0.2, 0.25) is 10.0 Å². The van der Waals surface area contributed by atoms with Gasteiger partial charge in [-0.2, -0.15) is 5.10 Å². The number of aromatic nitrogens is 2. The molecule has 0 atom stereocenters. The van der Waals surface area contributed by atoms with Crippen molar-refractivity contribution < 1.29 is 0 Å². The molecule has 3 rings (SSSR count). The van der Waals surface area contributed by atoms with Gasteiger partial charge in [0.15, 0.2) is 0 Å². The molecule has 1 aromatic heterocycles. The van der Waals surface area contributed by atoms with E-state index < -0.39 is 0 Å². The van der Waals surface area contributed by atoms with Crippen molar-refractivity contribution in [2.24, 2.45) is 5.10 Å². The standard InChI is InChI=1S/C15H10Cl2N4O/c16-10-6-5-9(12(17)7-10)8-18-21-15-19-13-4-2-1-3-11(13)14(22)20-15/h1-8H,(H2,19,20,21,22)/b18-8+. The maximum absolute atomic E-state index is 11.9. The first-order valence-electron chi connectivity index (χ1n) is 6.37. The Bertz CT molecular complexity index is 921. The Morgan fingerprint density at radius 2 is 2.00 bits per heavy atom. The van der Waals surface area contributed by atoms with Gasteiger partial charge in [-0.3, -0.25) is 9.78 Å². The van der Waals surface area contributed by atoms with Crippen molar-refractivity contribution in [1.29, 1.82) is 0 Å². The first-order chi connectivity index (χ1) is 10.6. The van der Waals surface area contributed by atoms with Crippen LogP contribution in [0.15, 0.2) is 52.4 Å². The molecule has 0 aliphatic carbocycles. The lowest BCUT2D eigenvalue weighted by Gasteiger charge is -2.02. The summed E-state index contributed by atoms with van der Waals surface area (Å²) in [4.78, 5) is 18.8. The molecule has 7 heteroatoms. The summed E-state index contributed by atoms with van der Waals surface area (Å²) in [6.07, 6.45) is 1.52. The quantitative estimate of drug-likeness (QED) is 0.567. The molecule has 1 heterocycles. The lowest BCUT2D eigenvalue weighted by Crippen LogP contribution is -2.10. The number of benzene rings is 2. The van der Waals surface area contributed by atoms with E-state index in [1.807, 2.05) is 6.07 Å². The van der Waals surface area contributed by atoms with Gasteiger partial charge in [-0.1, -0.05) is 41.4 Å². The number of halogens is 2. The molecule has 0 radical (unpaired) electrons. The average molecular weight is 333 g/mol. The molecule has 5 nitrogen and oxygen atoms in total. The lowest BCUT2D eigenvalue weighted by molar-refractivity contribution is 1.12. The van der Waals surface area contributed by atoms with E-state index in [1.165, 1.54) is 6.21 Å². The highest BCUT2D eigenvalue weighted by Crippen LogP contribution is 2.19. The number of nitrogens with zero attached hydrogens (tertiary/aromatic N) is 2. The second kappa shape index (κ2) is 6.17. The normalized spacial score (nSPS) is 11.2. The predicted molar refractivity (Wildman–Crippen MR) is 90.0 cm³/mol. The predicted octanol–water partition coefficient (Wildman–Crippen LogP) is 3.68. The highest BCUT2D eigenvalue weighted by molar-refractivity contribution is 6.36. The maximum atomic E-state index is 11.9. The molecule has 0 amide bonds. The molecule has 0 unspecified atom stereocenters. The van der Waals surface area contributed by atoms with Crippen LogP contribution in [-0.4, -0.2) is 16.2 Å². The Morgan fingerprint density at radius 1 is 1.18 bits per heavy atom. The smallest absolute Gasteiger partial charge is 0.260 e. The van der Waals surface area contributed by atoms with Crippen molar-refractivity contribution in [2.75, 3.05) is 5.43 Å². The van der Waals surface area contributed by atoms with Crippen LogP contribution in [-0.2, 0) is 0 Å². The third-order valence-corrected chi connectivity index (χ3v) is 3.51. The summed E-state index contributed by atoms with van der Waals surface area (Å²) >= 11 is 11.9. The highest BCUT2D eigenvalue weighted by atomic mass is 35.5. The van der Waals surface area contributed by atoms with Gasteiger partial charge in [0.05, 0.1) is 22.1 Å². The van der Waals surface area contributed by atoms with Crippen molar-refractivity contribution in [2.45, 2.75) is 0 Å². The number of H-pyrrole nitrogens is 1. The van der Waals surface area contributed by atoms with E-state index in [1.54, 1.807) is 36.4 Å². The molecule has 0 aliphatic heterocycles. The van der Waals surface area contributed by atoms with Gasteiger partial charge in [0.2, 0.25) is 5.95 Å². The van der Waals surface area contributed by atoms with Gasteiger partial charge in [0.25, 0.3) is 5.56 Å².